The summed E-state index contributed by atoms with van der Waals surface area (Å²) in [4.78, 5) is 11.8. The highest BCUT2D eigenvalue weighted by atomic mass is 16.7. The Morgan fingerprint density at radius 1 is 1.38 bits per heavy atom. The van der Waals surface area contributed by atoms with Crippen molar-refractivity contribution in [1.29, 1.82) is 0 Å². The number of unbranched alkanes of at least 4 members (excludes halogenated alkanes) is 2. The number of ether oxygens (including phenoxy) is 2. The Hall–Kier alpha value is -0.990. The molecule has 1 aliphatic rings. The third-order valence-corrected chi connectivity index (χ3v) is 4.63. The molecule has 1 fully saturated rings. The number of allylic oxidation sites excluding steroid dienone is 1. The number of carbonyl (C=O) groups is 1. The predicted molar refractivity (Wildman–Crippen MR) is 86.2 cm³/mol. The Labute approximate surface area is 130 Å². The highest BCUT2D eigenvalue weighted by molar-refractivity contribution is 5.60. The van der Waals surface area contributed by atoms with Crippen molar-refractivity contribution in [1.82, 2.24) is 0 Å². The van der Waals surface area contributed by atoms with Crippen LogP contribution in [0.2, 0.25) is 0 Å². The highest BCUT2D eigenvalue weighted by Gasteiger charge is 2.46. The molecule has 3 atom stereocenters. The number of rotatable bonds is 6. The van der Waals surface area contributed by atoms with Crippen molar-refractivity contribution >= 4 is 6.16 Å². The summed E-state index contributed by atoms with van der Waals surface area (Å²) >= 11 is 0. The van der Waals surface area contributed by atoms with Crippen LogP contribution in [0.15, 0.2) is 12.2 Å². The van der Waals surface area contributed by atoms with Crippen LogP contribution in [0.3, 0.4) is 0 Å². The predicted octanol–water partition coefficient (Wildman–Crippen LogP) is 5.35. The summed E-state index contributed by atoms with van der Waals surface area (Å²) in [5, 5.41) is 0. The molecule has 0 amide bonds. The average molecular weight is 296 g/mol. The first-order valence-electron chi connectivity index (χ1n) is 8.39. The van der Waals surface area contributed by atoms with Gasteiger partial charge in [0.15, 0.2) is 0 Å². The lowest BCUT2D eigenvalue weighted by Crippen LogP contribution is -2.47. The van der Waals surface area contributed by atoms with E-state index in [4.69, 9.17) is 9.47 Å². The van der Waals surface area contributed by atoms with Gasteiger partial charge < -0.3 is 9.47 Å². The molecule has 1 saturated carbocycles. The second kappa shape index (κ2) is 8.45. The van der Waals surface area contributed by atoms with Crippen molar-refractivity contribution < 1.29 is 14.3 Å². The molecule has 0 heterocycles. The van der Waals surface area contributed by atoms with Gasteiger partial charge >= 0.3 is 6.16 Å². The molecule has 0 aliphatic heterocycles. The summed E-state index contributed by atoms with van der Waals surface area (Å²) in [5.41, 5.74) is -0.493. The summed E-state index contributed by atoms with van der Waals surface area (Å²) in [5.74, 6) is 1.42. The number of carbonyl (C=O) groups excluding carboxylic acids is 1. The summed E-state index contributed by atoms with van der Waals surface area (Å²) in [6.07, 6.45) is 10.4. The molecule has 0 radical (unpaired) electrons. The maximum Gasteiger partial charge on any atom is 0.508 e. The number of hydrogen-bond donors (Lipinski definition) is 0. The molecule has 21 heavy (non-hydrogen) atoms. The van der Waals surface area contributed by atoms with Gasteiger partial charge in [-0.05, 0) is 37.2 Å². The van der Waals surface area contributed by atoms with E-state index < -0.39 is 11.8 Å². The fraction of sp³-hybridized carbons (Fsp3) is 0.833. The highest BCUT2D eigenvalue weighted by Crippen LogP contribution is 2.44. The summed E-state index contributed by atoms with van der Waals surface area (Å²) in [6.45, 7) is 8.87. The Morgan fingerprint density at radius 3 is 2.67 bits per heavy atom. The lowest BCUT2D eigenvalue weighted by Gasteiger charge is -2.45. The minimum absolute atomic E-state index is 0.366. The van der Waals surface area contributed by atoms with Gasteiger partial charge in [-0.2, -0.15) is 0 Å². The third-order valence-electron chi connectivity index (χ3n) is 4.63. The van der Waals surface area contributed by atoms with Crippen LogP contribution in [-0.4, -0.2) is 18.9 Å². The van der Waals surface area contributed by atoms with Crippen LogP contribution < -0.4 is 0 Å². The fourth-order valence-corrected chi connectivity index (χ4v) is 3.55. The van der Waals surface area contributed by atoms with E-state index >= 15 is 0 Å². The van der Waals surface area contributed by atoms with Gasteiger partial charge in [-0.25, -0.2) is 4.79 Å². The standard InChI is InChI=1S/C18H32O3/c1-6-7-8-9-12-18(21-17(19)20-5)13-15(4)10-11-16(18)14(2)3/h9,12,14-16H,6-8,10-11,13H2,1-5H3/b12-9+/t15-,16+,18+/m1/s1. The van der Waals surface area contributed by atoms with E-state index in [1.165, 1.54) is 26.4 Å². The molecule has 0 N–H and O–H groups in total. The molecule has 122 valence electrons. The zero-order chi connectivity index (χ0) is 15.9. The summed E-state index contributed by atoms with van der Waals surface area (Å²) in [6, 6.07) is 0. The molecule has 3 heteroatoms. The summed E-state index contributed by atoms with van der Waals surface area (Å²) < 4.78 is 10.6. The van der Waals surface area contributed by atoms with E-state index in [0.717, 1.165) is 19.3 Å². The topological polar surface area (TPSA) is 35.5 Å². The van der Waals surface area contributed by atoms with Gasteiger partial charge in [0.1, 0.15) is 5.60 Å². The molecular weight excluding hydrogens is 264 g/mol. The van der Waals surface area contributed by atoms with E-state index in [9.17, 15) is 4.79 Å². The molecule has 1 aliphatic carbocycles. The van der Waals surface area contributed by atoms with E-state index in [2.05, 4.69) is 39.8 Å². The van der Waals surface area contributed by atoms with Crippen LogP contribution in [0.4, 0.5) is 4.79 Å². The first-order chi connectivity index (χ1) is 9.95. The second-order valence-corrected chi connectivity index (χ2v) is 6.79. The minimum Gasteiger partial charge on any atom is -0.438 e. The minimum atomic E-state index is -0.560. The van der Waals surface area contributed by atoms with E-state index in [1.807, 2.05) is 0 Å². The van der Waals surface area contributed by atoms with E-state index in [-0.39, 0.29) is 0 Å². The van der Waals surface area contributed by atoms with Gasteiger partial charge in [-0.15, -0.1) is 0 Å². The van der Waals surface area contributed by atoms with Crippen LogP contribution in [0, 0.1) is 17.8 Å². The Bertz CT molecular complexity index is 348. The second-order valence-electron chi connectivity index (χ2n) is 6.79. The van der Waals surface area contributed by atoms with Crippen molar-refractivity contribution in [2.45, 2.75) is 71.8 Å². The molecule has 0 spiro atoms. The molecule has 0 saturated heterocycles. The van der Waals surface area contributed by atoms with Crippen molar-refractivity contribution in [3.63, 3.8) is 0 Å². The third kappa shape index (κ3) is 5.05. The normalized spacial score (nSPS) is 29.8. The molecule has 0 aromatic heterocycles. The average Bonchev–Trinajstić information content (AvgIpc) is 2.43. The van der Waals surface area contributed by atoms with Gasteiger partial charge in [0, 0.05) is 5.92 Å². The maximum absolute atomic E-state index is 11.8. The lowest BCUT2D eigenvalue weighted by atomic mass is 9.66. The SMILES string of the molecule is CCCC/C=C/[C@]1(OC(=O)OC)C[C@H](C)CC[C@H]1C(C)C. The molecular formula is C18H32O3. The largest absolute Gasteiger partial charge is 0.508 e. The monoisotopic (exact) mass is 296 g/mol. The molecule has 3 nitrogen and oxygen atoms in total. The Kier molecular flexibility index (Phi) is 7.27. The van der Waals surface area contributed by atoms with Gasteiger partial charge in [-0.3, -0.25) is 0 Å². The molecule has 0 bridgehead atoms. The van der Waals surface area contributed by atoms with Gasteiger partial charge in [0.05, 0.1) is 7.11 Å². The number of hydrogen-bond acceptors (Lipinski definition) is 3. The maximum atomic E-state index is 11.8. The van der Waals surface area contributed by atoms with Crippen LogP contribution in [0.5, 0.6) is 0 Å². The smallest absolute Gasteiger partial charge is 0.438 e. The molecule has 0 aromatic rings. The van der Waals surface area contributed by atoms with Crippen molar-refractivity contribution in [2.75, 3.05) is 7.11 Å². The summed E-state index contributed by atoms with van der Waals surface area (Å²) in [7, 11) is 1.38. The quantitative estimate of drug-likeness (QED) is 0.376. The van der Waals surface area contributed by atoms with Crippen molar-refractivity contribution in [2.24, 2.45) is 17.8 Å². The van der Waals surface area contributed by atoms with Gasteiger partial charge in [-0.1, -0.05) is 53.0 Å². The first kappa shape index (κ1) is 18.1. The van der Waals surface area contributed by atoms with Crippen molar-refractivity contribution in [3.05, 3.63) is 12.2 Å². The number of methoxy groups -OCH3 is 1. The molecule has 1 rings (SSSR count). The van der Waals surface area contributed by atoms with E-state index in [1.54, 1.807) is 0 Å². The molecule has 0 aromatic carbocycles. The molecule has 0 unspecified atom stereocenters. The van der Waals surface area contributed by atoms with Crippen molar-refractivity contribution in [3.8, 4) is 0 Å². The lowest BCUT2D eigenvalue weighted by molar-refractivity contribution is -0.0753. The van der Waals surface area contributed by atoms with Crippen LogP contribution in [0.1, 0.15) is 66.2 Å². The first-order valence-corrected chi connectivity index (χ1v) is 8.39. The van der Waals surface area contributed by atoms with Gasteiger partial charge in [0.25, 0.3) is 0 Å². The fourth-order valence-electron chi connectivity index (χ4n) is 3.55. The van der Waals surface area contributed by atoms with Crippen LogP contribution in [0.25, 0.3) is 0 Å². The zero-order valence-corrected chi connectivity index (χ0v) is 14.4. The Balaban J connectivity index is 2.99. The Morgan fingerprint density at radius 2 is 2.10 bits per heavy atom. The van der Waals surface area contributed by atoms with E-state index in [0.29, 0.717) is 17.8 Å². The zero-order valence-electron chi connectivity index (χ0n) is 14.4. The van der Waals surface area contributed by atoms with Crippen LogP contribution in [-0.2, 0) is 9.47 Å². The van der Waals surface area contributed by atoms with Crippen LogP contribution >= 0.6 is 0 Å². The van der Waals surface area contributed by atoms with Gasteiger partial charge in [0.2, 0.25) is 0 Å².